The van der Waals surface area contributed by atoms with E-state index < -0.39 is 10.0 Å². The first-order valence-electron chi connectivity index (χ1n) is 8.82. The number of anilines is 2. The fourth-order valence-electron chi connectivity index (χ4n) is 2.76. The maximum atomic E-state index is 12.9. The molecule has 144 valence electrons. The Morgan fingerprint density at radius 1 is 0.857 bits per heavy atom. The molecule has 28 heavy (non-hydrogen) atoms. The Morgan fingerprint density at radius 3 is 2.25 bits per heavy atom. The molecular formula is C22H22N2O3S. The maximum Gasteiger partial charge on any atom is 0.264 e. The topological polar surface area (TPSA) is 66.5 Å². The monoisotopic (exact) mass is 394 g/mol. The lowest BCUT2D eigenvalue weighted by Gasteiger charge is -2.20. The van der Waals surface area contributed by atoms with E-state index >= 15 is 0 Å². The van der Waals surface area contributed by atoms with Crippen LogP contribution in [0.25, 0.3) is 0 Å². The Bertz CT molecular complexity index is 1110. The van der Waals surface area contributed by atoms with E-state index in [0.29, 0.717) is 16.9 Å². The molecule has 3 aromatic carbocycles. The fourth-order valence-corrected chi connectivity index (χ4v) is 4.00. The van der Waals surface area contributed by atoms with E-state index in [9.17, 15) is 13.2 Å². The molecule has 0 aliphatic heterocycles. The van der Waals surface area contributed by atoms with Gasteiger partial charge in [0.2, 0.25) is 0 Å². The number of hydrogen-bond acceptors (Lipinski definition) is 3. The van der Waals surface area contributed by atoms with Gasteiger partial charge in [-0.2, -0.15) is 0 Å². The summed E-state index contributed by atoms with van der Waals surface area (Å²) in [4.78, 5) is 12.6. The Morgan fingerprint density at radius 2 is 1.57 bits per heavy atom. The molecule has 0 unspecified atom stereocenters. The zero-order valence-electron chi connectivity index (χ0n) is 16.0. The summed E-state index contributed by atoms with van der Waals surface area (Å²) in [7, 11) is -2.24. The summed E-state index contributed by atoms with van der Waals surface area (Å²) in [5.41, 5.74) is 3.64. The van der Waals surface area contributed by atoms with Crippen molar-refractivity contribution in [2.75, 3.05) is 16.7 Å². The number of nitrogens with one attached hydrogen (secondary N) is 1. The van der Waals surface area contributed by atoms with Crippen LogP contribution in [-0.4, -0.2) is 21.4 Å². The molecule has 0 atom stereocenters. The van der Waals surface area contributed by atoms with Crippen molar-refractivity contribution in [1.82, 2.24) is 0 Å². The van der Waals surface area contributed by atoms with E-state index in [1.165, 1.54) is 23.5 Å². The van der Waals surface area contributed by atoms with Gasteiger partial charge in [0.15, 0.2) is 0 Å². The molecule has 0 aliphatic rings. The second-order valence-electron chi connectivity index (χ2n) is 6.59. The highest BCUT2D eigenvalue weighted by Gasteiger charge is 2.21. The van der Waals surface area contributed by atoms with Gasteiger partial charge in [0.25, 0.3) is 15.9 Å². The lowest BCUT2D eigenvalue weighted by Crippen LogP contribution is -2.26. The molecule has 3 aromatic rings. The third kappa shape index (κ3) is 4.07. The normalized spacial score (nSPS) is 11.1. The number of nitrogens with zero attached hydrogens (tertiary/aromatic N) is 1. The van der Waals surface area contributed by atoms with Crippen LogP contribution in [0.5, 0.6) is 0 Å². The molecule has 0 fully saturated rings. The van der Waals surface area contributed by atoms with Gasteiger partial charge in [-0.05, 0) is 67.4 Å². The minimum absolute atomic E-state index is 0.108. The minimum Gasteiger partial charge on any atom is -0.322 e. The molecule has 0 saturated carbocycles. The summed E-state index contributed by atoms with van der Waals surface area (Å²) in [6.45, 7) is 3.92. The summed E-state index contributed by atoms with van der Waals surface area (Å²) < 4.78 is 27.1. The summed E-state index contributed by atoms with van der Waals surface area (Å²) in [5, 5.41) is 2.77. The molecule has 0 aromatic heterocycles. The number of aryl methyl sites for hydroxylation is 2. The Balaban J connectivity index is 1.85. The molecule has 1 amide bonds. The molecule has 0 heterocycles. The van der Waals surface area contributed by atoms with Crippen LogP contribution in [0.4, 0.5) is 11.4 Å². The van der Waals surface area contributed by atoms with Crippen LogP contribution in [-0.2, 0) is 10.0 Å². The van der Waals surface area contributed by atoms with Crippen molar-refractivity contribution in [2.24, 2.45) is 0 Å². The average molecular weight is 394 g/mol. The number of benzene rings is 3. The van der Waals surface area contributed by atoms with Gasteiger partial charge < -0.3 is 5.32 Å². The smallest absolute Gasteiger partial charge is 0.264 e. The van der Waals surface area contributed by atoms with E-state index in [1.54, 1.807) is 42.5 Å². The van der Waals surface area contributed by atoms with E-state index in [4.69, 9.17) is 0 Å². The van der Waals surface area contributed by atoms with Gasteiger partial charge in [-0.3, -0.25) is 9.10 Å². The highest BCUT2D eigenvalue weighted by atomic mass is 32.2. The van der Waals surface area contributed by atoms with E-state index in [0.717, 1.165) is 11.1 Å². The first-order chi connectivity index (χ1) is 13.3. The Kier molecular flexibility index (Phi) is 5.51. The van der Waals surface area contributed by atoms with Gasteiger partial charge in [-0.25, -0.2) is 8.42 Å². The third-order valence-electron chi connectivity index (χ3n) is 4.64. The third-order valence-corrected chi connectivity index (χ3v) is 6.42. The van der Waals surface area contributed by atoms with Gasteiger partial charge in [-0.1, -0.05) is 30.3 Å². The van der Waals surface area contributed by atoms with E-state index in [1.807, 2.05) is 32.0 Å². The van der Waals surface area contributed by atoms with Crippen LogP contribution in [0, 0.1) is 13.8 Å². The zero-order valence-corrected chi connectivity index (χ0v) is 16.8. The van der Waals surface area contributed by atoms with Crippen molar-refractivity contribution in [3.05, 3.63) is 89.5 Å². The lowest BCUT2D eigenvalue weighted by molar-refractivity contribution is 0.102. The number of para-hydroxylation sites is 1. The van der Waals surface area contributed by atoms with Crippen molar-refractivity contribution < 1.29 is 13.2 Å². The van der Waals surface area contributed by atoms with Crippen molar-refractivity contribution in [3.8, 4) is 0 Å². The number of amides is 1. The van der Waals surface area contributed by atoms with Crippen molar-refractivity contribution in [1.29, 1.82) is 0 Å². The molecule has 1 N–H and O–H groups in total. The summed E-state index contributed by atoms with van der Waals surface area (Å²) in [6, 6.07) is 20.5. The number of carbonyl (C=O) groups is 1. The second kappa shape index (κ2) is 7.86. The molecular weight excluding hydrogens is 372 g/mol. The predicted octanol–water partition coefficient (Wildman–Crippen LogP) is 4.38. The van der Waals surface area contributed by atoms with Crippen molar-refractivity contribution >= 4 is 27.3 Å². The van der Waals surface area contributed by atoms with Gasteiger partial charge in [0.1, 0.15) is 0 Å². The summed E-state index contributed by atoms with van der Waals surface area (Å²) in [6.07, 6.45) is 0. The standard InChI is InChI=1S/C22H22N2O3S/c1-16-12-13-18(14-17(16)2)22(25)23-19-8-7-11-21(15-19)28(26,27)24(3)20-9-5-4-6-10-20/h4-15H,1-3H3,(H,23,25). The maximum absolute atomic E-state index is 12.9. The van der Waals surface area contributed by atoms with Crippen LogP contribution in [0.15, 0.2) is 77.7 Å². The molecule has 0 spiro atoms. The molecule has 3 rings (SSSR count). The van der Waals surface area contributed by atoms with Gasteiger partial charge in [-0.15, -0.1) is 0 Å². The van der Waals surface area contributed by atoms with E-state index in [-0.39, 0.29) is 10.8 Å². The van der Waals surface area contributed by atoms with Crippen LogP contribution >= 0.6 is 0 Å². The molecule has 6 heteroatoms. The van der Waals surface area contributed by atoms with Gasteiger partial charge in [0.05, 0.1) is 10.6 Å². The summed E-state index contributed by atoms with van der Waals surface area (Å²) >= 11 is 0. The number of carbonyl (C=O) groups excluding carboxylic acids is 1. The predicted molar refractivity (Wildman–Crippen MR) is 112 cm³/mol. The SMILES string of the molecule is Cc1ccc(C(=O)Nc2cccc(S(=O)(=O)N(C)c3ccccc3)c2)cc1C. The fraction of sp³-hybridized carbons (Fsp3) is 0.136. The summed E-state index contributed by atoms with van der Waals surface area (Å²) in [5.74, 6) is -0.283. The van der Waals surface area contributed by atoms with Gasteiger partial charge >= 0.3 is 0 Å². The zero-order chi connectivity index (χ0) is 20.3. The first kappa shape index (κ1) is 19.6. The van der Waals surface area contributed by atoms with Gasteiger partial charge in [0, 0.05) is 18.3 Å². The Hall–Kier alpha value is -3.12. The number of hydrogen-bond donors (Lipinski definition) is 1. The van der Waals surface area contributed by atoms with Crippen LogP contribution in [0.3, 0.4) is 0 Å². The van der Waals surface area contributed by atoms with Crippen LogP contribution in [0.2, 0.25) is 0 Å². The molecule has 5 nitrogen and oxygen atoms in total. The van der Waals surface area contributed by atoms with E-state index in [2.05, 4.69) is 5.32 Å². The average Bonchev–Trinajstić information content (AvgIpc) is 2.70. The minimum atomic E-state index is -3.75. The second-order valence-corrected chi connectivity index (χ2v) is 8.56. The van der Waals surface area contributed by atoms with Crippen LogP contribution in [0.1, 0.15) is 21.5 Å². The molecule has 0 saturated heterocycles. The first-order valence-corrected chi connectivity index (χ1v) is 10.3. The van der Waals surface area contributed by atoms with Crippen molar-refractivity contribution in [2.45, 2.75) is 18.7 Å². The molecule has 0 radical (unpaired) electrons. The van der Waals surface area contributed by atoms with Crippen LogP contribution < -0.4 is 9.62 Å². The lowest BCUT2D eigenvalue weighted by atomic mass is 10.1. The number of sulfonamides is 1. The number of rotatable bonds is 5. The Labute approximate surface area is 165 Å². The highest BCUT2D eigenvalue weighted by molar-refractivity contribution is 7.92. The quantitative estimate of drug-likeness (QED) is 0.698. The highest BCUT2D eigenvalue weighted by Crippen LogP contribution is 2.24. The molecule has 0 aliphatic carbocycles. The molecule has 0 bridgehead atoms. The largest absolute Gasteiger partial charge is 0.322 e. The van der Waals surface area contributed by atoms with Crippen molar-refractivity contribution in [3.63, 3.8) is 0 Å².